The van der Waals surface area contributed by atoms with Crippen LogP contribution in [-0.4, -0.2) is 57.4 Å². The third-order valence-electron chi connectivity index (χ3n) is 4.17. The number of nitrogens with zero attached hydrogens (tertiary/aromatic N) is 1. The van der Waals surface area contributed by atoms with Crippen molar-refractivity contribution in [2.24, 2.45) is 0 Å². The Morgan fingerprint density at radius 3 is 2.39 bits per heavy atom. The Hall–Kier alpha value is -1.15. The molecule has 1 fully saturated rings. The molecule has 2 rings (SSSR count). The lowest BCUT2D eigenvalue weighted by Crippen LogP contribution is -3.19. The van der Waals surface area contributed by atoms with Gasteiger partial charge in [0.05, 0.1) is 31.1 Å². The highest BCUT2D eigenvalue weighted by Crippen LogP contribution is 2.18. The van der Waals surface area contributed by atoms with Gasteiger partial charge in [-0.1, -0.05) is 11.6 Å². The fraction of sp³-hybridized carbons (Fsp3) is 0.533. The summed E-state index contributed by atoms with van der Waals surface area (Å²) < 4.78 is 26.7. The second-order valence-corrected chi connectivity index (χ2v) is 8.01. The molecular formula is C15H23ClN3O3S+. The molecular weight excluding hydrogens is 338 g/mol. The van der Waals surface area contributed by atoms with Gasteiger partial charge < -0.3 is 10.2 Å². The zero-order chi connectivity index (χ0) is 17.0. The lowest BCUT2D eigenvalue weighted by molar-refractivity contribution is -0.917. The van der Waals surface area contributed by atoms with Crippen LogP contribution < -0.4 is 10.2 Å². The molecule has 1 saturated heterocycles. The van der Waals surface area contributed by atoms with E-state index < -0.39 is 10.0 Å². The lowest BCUT2D eigenvalue weighted by Gasteiger charge is -2.34. The summed E-state index contributed by atoms with van der Waals surface area (Å²) in [4.78, 5) is 13.3. The van der Waals surface area contributed by atoms with Gasteiger partial charge in [-0.2, -0.15) is 4.31 Å². The quantitative estimate of drug-likeness (QED) is 0.761. The Kier molecular flexibility index (Phi) is 6.02. The van der Waals surface area contributed by atoms with Gasteiger partial charge in [0.15, 0.2) is 6.04 Å². The van der Waals surface area contributed by atoms with Crippen molar-refractivity contribution in [1.82, 2.24) is 9.62 Å². The highest BCUT2D eigenvalue weighted by Gasteiger charge is 2.34. The van der Waals surface area contributed by atoms with E-state index in [2.05, 4.69) is 5.32 Å². The van der Waals surface area contributed by atoms with Crippen molar-refractivity contribution in [1.29, 1.82) is 0 Å². The Morgan fingerprint density at radius 2 is 1.87 bits per heavy atom. The number of carbonyl (C=O) groups excluding carboxylic acids is 1. The average Bonchev–Trinajstić information content (AvgIpc) is 2.55. The SMILES string of the molecule is CCNC(=O)[C@H](C)[NH+]1CCN(S(=O)(=O)c2ccc(Cl)cc2)CC1. The van der Waals surface area contributed by atoms with Crippen molar-refractivity contribution in [3.05, 3.63) is 29.3 Å². The smallest absolute Gasteiger partial charge is 0.278 e. The van der Waals surface area contributed by atoms with E-state index in [1.807, 2.05) is 13.8 Å². The lowest BCUT2D eigenvalue weighted by atomic mass is 10.2. The molecule has 6 nitrogen and oxygen atoms in total. The number of quaternary nitrogens is 1. The molecule has 23 heavy (non-hydrogen) atoms. The average molecular weight is 361 g/mol. The molecule has 1 heterocycles. The number of sulfonamides is 1. The Bertz CT molecular complexity index is 640. The van der Waals surface area contributed by atoms with Crippen molar-refractivity contribution in [2.75, 3.05) is 32.7 Å². The van der Waals surface area contributed by atoms with E-state index in [1.165, 1.54) is 16.4 Å². The van der Waals surface area contributed by atoms with Gasteiger partial charge in [0.2, 0.25) is 10.0 Å². The topological polar surface area (TPSA) is 70.9 Å². The number of carbonyl (C=O) groups is 1. The first-order chi connectivity index (χ1) is 10.9. The van der Waals surface area contributed by atoms with Crippen molar-refractivity contribution < 1.29 is 18.1 Å². The van der Waals surface area contributed by atoms with Crippen LogP contribution in [0.4, 0.5) is 0 Å². The molecule has 0 saturated carbocycles. The summed E-state index contributed by atoms with van der Waals surface area (Å²) in [5.74, 6) is 0.0107. The summed E-state index contributed by atoms with van der Waals surface area (Å²) >= 11 is 5.81. The second-order valence-electron chi connectivity index (χ2n) is 5.63. The number of nitrogens with one attached hydrogen (secondary N) is 2. The van der Waals surface area contributed by atoms with Crippen LogP contribution in [0.25, 0.3) is 0 Å². The standard InChI is InChI=1S/C15H22ClN3O3S/c1-3-17-15(20)12(2)18-8-10-19(11-9-18)23(21,22)14-6-4-13(16)5-7-14/h4-7,12H,3,8-11H2,1-2H3,(H,17,20)/p+1/t12-/m0/s1. The minimum absolute atomic E-state index is 0.0107. The molecule has 0 spiro atoms. The summed E-state index contributed by atoms with van der Waals surface area (Å²) in [6.07, 6.45) is 0. The predicted octanol–water partition coefficient (Wildman–Crippen LogP) is -0.246. The summed E-state index contributed by atoms with van der Waals surface area (Å²) in [5.41, 5.74) is 0. The number of likely N-dealkylation sites (N-methyl/N-ethyl adjacent to an activating group) is 1. The van der Waals surface area contributed by atoms with Gasteiger partial charge in [0.25, 0.3) is 5.91 Å². The molecule has 0 bridgehead atoms. The summed E-state index contributed by atoms with van der Waals surface area (Å²) in [7, 11) is -3.50. The largest absolute Gasteiger partial charge is 0.351 e. The summed E-state index contributed by atoms with van der Waals surface area (Å²) in [5, 5.41) is 3.32. The van der Waals surface area contributed by atoms with Gasteiger partial charge in [-0.15, -0.1) is 0 Å². The van der Waals surface area contributed by atoms with Crippen LogP contribution in [0.2, 0.25) is 5.02 Å². The first kappa shape index (κ1) is 18.2. The molecule has 1 atom stereocenters. The zero-order valence-electron chi connectivity index (χ0n) is 13.4. The zero-order valence-corrected chi connectivity index (χ0v) is 15.0. The predicted molar refractivity (Wildman–Crippen MR) is 89.1 cm³/mol. The van der Waals surface area contributed by atoms with Gasteiger partial charge >= 0.3 is 0 Å². The normalized spacial score (nSPS) is 18.6. The van der Waals surface area contributed by atoms with E-state index in [4.69, 9.17) is 11.6 Å². The number of hydrogen-bond donors (Lipinski definition) is 2. The summed E-state index contributed by atoms with van der Waals surface area (Å²) in [6.45, 7) is 6.41. The molecule has 1 aromatic carbocycles. The van der Waals surface area contributed by atoms with Crippen LogP contribution in [0, 0.1) is 0 Å². The number of benzene rings is 1. The van der Waals surface area contributed by atoms with E-state index in [0.717, 1.165) is 4.90 Å². The van der Waals surface area contributed by atoms with Crippen LogP contribution in [-0.2, 0) is 14.8 Å². The fourth-order valence-electron chi connectivity index (χ4n) is 2.72. The minimum atomic E-state index is -3.50. The van der Waals surface area contributed by atoms with Gasteiger partial charge in [-0.05, 0) is 38.1 Å². The highest BCUT2D eigenvalue weighted by atomic mass is 35.5. The van der Waals surface area contributed by atoms with Gasteiger partial charge in [-0.25, -0.2) is 8.42 Å². The van der Waals surface area contributed by atoms with Crippen molar-refractivity contribution in [2.45, 2.75) is 24.8 Å². The number of piperazine rings is 1. The first-order valence-electron chi connectivity index (χ1n) is 7.74. The monoisotopic (exact) mass is 360 g/mol. The molecule has 1 aliphatic heterocycles. The third kappa shape index (κ3) is 4.23. The van der Waals surface area contributed by atoms with Crippen molar-refractivity contribution in [3.63, 3.8) is 0 Å². The van der Waals surface area contributed by atoms with Gasteiger partial charge in [0, 0.05) is 11.6 Å². The van der Waals surface area contributed by atoms with Gasteiger partial charge in [-0.3, -0.25) is 4.79 Å². The maximum atomic E-state index is 12.6. The fourth-order valence-corrected chi connectivity index (χ4v) is 4.28. The molecule has 128 valence electrons. The van der Waals surface area contributed by atoms with E-state index in [9.17, 15) is 13.2 Å². The van der Waals surface area contributed by atoms with Crippen LogP contribution >= 0.6 is 11.6 Å². The van der Waals surface area contributed by atoms with Crippen LogP contribution in [0.5, 0.6) is 0 Å². The Labute approximate surface area is 142 Å². The van der Waals surface area contributed by atoms with Crippen molar-refractivity contribution in [3.8, 4) is 0 Å². The van der Waals surface area contributed by atoms with Crippen LogP contribution in [0.3, 0.4) is 0 Å². The molecule has 0 aromatic heterocycles. The number of hydrogen-bond acceptors (Lipinski definition) is 3. The Balaban J connectivity index is 2.01. The van der Waals surface area contributed by atoms with E-state index in [1.54, 1.807) is 12.1 Å². The molecule has 1 aliphatic rings. The number of halogens is 1. The minimum Gasteiger partial charge on any atom is -0.351 e. The van der Waals surface area contributed by atoms with Crippen LogP contribution in [0.1, 0.15) is 13.8 Å². The van der Waals surface area contributed by atoms with E-state index in [0.29, 0.717) is 37.7 Å². The van der Waals surface area contributed by atoms with E-state index in [-0.39, 0.29) is 16.8 Å². The summed E-state index contributed by atoms with van der Waals surface area (Å²) in [6, 6.07) is 6.03. The van der Waals surface area contributed by atoms with E-state index >= 15 is 0 Å². The molecule has 1 aromatic rings. The molecule has 2 N–H and O–H groups in total. The number of rotatable bonds is 5. The van der Waals surface area contributed by atoms with Crippen LogP contribution in [0.15, 0.2) is 29.2 Å². The number of amides is 1. The molecule has 8 heteroatoms. The molecule has 0 radical (unpaired) electrons. The molecule has 0 aliphatic carbocycles. The Morgan fingerprint density at radius 1 is 1.30 bits per heavy atom. The third-order valence-corrected chi connectivity index (χ3v) is 6.34. The highest BCUT2D eigenvalue weighted by molar-refractivity contribution is 7.89. The maximum absolute atomic E-state index is 12.6. The molecule has 1 amide bonds. The molecule has 0 unspecified atom stereocenters. The first-order valence-corrected chi connectivity index (χ1v) is 9.56. The second kappa shape index (κ2) is 7.61. The maximum Gasteiger partial charge on any atom is 0.278 e. The van der Waals surface area contributed by atoms with Gasteiger partial charge in [0.1, 0.15) is 0 Å². The van der Waals surface area contributed by atoms with Crippen molar-refractivity contribution >= 4 is 27.5 Å².